The van der Waals surface area contributed by atoms with Crippen molar-refractivity contribution in [2.45, 2.75) is 29.5 Å². The van der Waals surface area contributed by atoms with E-state index in [0.29, 0.717) is 0 Å². The standard InChI is InChI=1S/C14H15NO2S/c1-14(2)10-8-6-4-5-7-9(8)15(3)12(10)18-11(14)13(16)17/h4-7,11H,1-3H3,(H,16,17). The molecule has 0 saturated carbocycles. The number of rotatable bonds is 1. The summed E-state index contributed by atoms with van der Waals surface area (Å²) < 4.78 is 2.11. The highest BCUT2D eigenvalue weighted by molar-refractivity contribution is 8.01. The quantitative estimate of drug-likeness (QED) is 0.858. The second kappa shape index (κ2) is 3.54. The zero-order valence-corrected chi connectivity index (χ0v) is 11.4. The van der Waals surface area contributed by atoms with Gasteiger partial charge in [-0.3, -0.25) is 4.79 Å². The number of hydrogen-bond acceptors (Lipinski definition) is 2. The smallest absolute Gasteiger partial charge is 0.317 e. The van der Waals surface area contributed by atoms with Crippen molar-refractivity contribution in [1.82, 2.24) is 4.57 Å². The van der Waals surface area contributed by atoms with Crippen LogP contribution in [0.1, 0.15) is 19.4 Å². The zero-order valence-electron chi connectivity index (χ0n) is 10.6. The lowest BCUT2D eigenvalue weighted by atomic mass is 9.81. The predicted molar refractivity (Wildman–Crippen MR) is 73.2 cm³/mol. The van der Waals surface area contributed by atoms with E-state index >= 15 is 0 Å². The number of fused-ring (bicyclic) bond motifs is 3. The molecule has 0 fully saturated rings. The monoisotopic (exact) mass is 261 g/mol. The number of benzene rings is 1. The first-order valence-electron chi connectivity index (χ1n) is 5.92. The molecule has 2 aromatic rings. The van der Waals surface area contributed by atoms with E-state index < -0.39 is 11.2 Å². The van der Waals surface area contributed by atoms with Crippen LogP contribution in [0, 0.1) is 0 Å². The SMILES string of the molecule is Cn1c2c(c3ccccc31)C(C)(C)C(C(=O)O)S2. The highest BCUT2D eigenvalue weighted by Crippen LogP contribution is 2.52. The van der Waals surface area contributed by atoms with E-state index in [1.807, 2.05) is 33.0 Å². The van der Waals surface area contributed by atoms with Crippen LogP contribution >= 0.6 is 11.8 Å². The molecule has 1 aliphatic rings. The summed E-state index contributed by atoms with van der Waals surface area (Å²) in [6, 6.07) is 8.20. The molecule has 1 N–H and O–H groups in total. The molecule has 0 bridgehead atoms. The fourth-order valence-electron chi connectivity index (χ4n) is 2.88. The Morgan fingerprint density at radius 2 is 2.06 bits per heavy atom. The third-order valence-electron chi connectivity index (χ3n) is 3.81. The number of hydrogen-bond donors (Lipinski definition) is 1. The molecule has 1 unspecified atom stereocenters. The second-order valence-electron chi connectivity index (χ2n) is 5.31. The van der Waals surface area contributed by atoms with Gasteiger partial charge in [0.1, 0.15) is 5.25 Å². The molecule has 0 aliphatic carbocycles. The van der Waals surface area contributed by atoms with Crippen LogP contribution in [0.15, 0.2) is 29.3 Å². The van der Waals surface area contributed by atoms with Gasteiger partial charge >= 0.3 is 5.97 Å². The first-order valence-corrected chi connectivity index (χ1v) is 6.80. The summed E-state index contributed by atoms with van der Waals surface area (Å²) in [5.41, 5.74) is 2.01. The van der Waals surface area contributed by atoms with Crippen molar-refractivity contribution in [2.24, 2.45) is 7.05 Å². The van der Waals surface area contributed by atoms with Gasteiger partial charge in [0.15, 0.2) is 0 Å². The number of carboxylic acids is 1. The molecule has 1 atom stereocenters. The molecule has 2 heterocycles. The van der Waals surface area contributed by atoms with Crippen molar-refractivity contribution in [3.63, 3.8) is 0 Å². The highest BCUT2D eigenvalue weighted by atomic mass is 32.2. The minimum atomic E-state index is -0.731. The average molecular weight is 261 g/mol. The molecule has 0 amide bonds. The van der Waals surface area contributed by atoms with Gasteiger partial charge in [0.2, 0.25) is 0 Å². The molecule has 0 saturated heterocycles. The first kappa shape index (κ1) is 11.7. The molecule has 0 spiro atoms. The summed E-state index contributed by atoms with van der Waals surface area (Å²) in [6.45, 7) is 4.05. The Bertz CT molecular complexity index is 657. The van der Waals surface area contributed by atoms with Crippen molar-refractivity contribution >= 4 is 28.6 Å². The number of aliphatic carboxylic acids is 1. The van der Waals surface area contributed by atoms with Crippen molar-refractivity contribution in [3.8, 4) is 0 Å². The van der Waals surface area contributed by atoms with E-state index in [0.717, 1.165) is 5.03 Å². The maximum absolute atomic E-state index is 11.4. The van der Waals surface area contributed by atoms with Crippen molar-refractivity contribution in [3.05, 3.63) is 29.8 Å². The molecule has 1 aromatic heterocycles. The molecule has 3 nitrogen and oxygen atoms in total. The van der Waals surface area contributed by atoms with Gasteiger partial charge in [-0.25, -0.2) is 0 Å². The van der Waals surface area contributed by atoms with Crippen LogP contribution in [-0.4, -0.2) is 20.9 Å². The summed E-state index contributed by atoms with van der Waals surface area (Å²) in [5.74, 6) is -0.731. The van der Waals surface area contributed by atoms with Gasteiger partial charge in [-0.1, -0.05) is 43.8 Å². The Morgan fingerprint density at radius 1 is 1.39 bits per heavy atom. The normalized spacial score (nSPS) is 21.2. The van der Waals surface area contributed by atoms with Crippen molar-refractivity contribution in [2.75, 3.05) is 0 Å². The molecule has 0 radical (unpaired) electrons. The lowest BCUT2D eigenvalue weighted by Gasteiger charge is -2.23. The topological polar surface area (TPSA) is 42.2 Å². The largest absolute Gasteiger partial charge is 0.480 e. The summed E-state index contributed by atoms with van der Waals surface area (Å²) in [6.07, 6.45) is 0. The Labute approximate surface area is 110 Å². The van der Waals surface area contributed by atoms with Gasteiger partial charge in [-0.2, -0.15) is 0 Å². The van der Waals surface area contributed by atoms with Crippen LogP contribution in [0.3, 0.4) is 0 Å². The highest BCUT2D eigenvalue weighted by Gasteiger charge is 2.47. The summed E-state index contributed by atoms with van der Waals surface area (Å²) in [4.78, 5) is 11.4. The Hall–Kier alpha value is -1.42. The van der Waals surface area contributed by atoms with Crippen molar-refractivity contribution < 1.29 is 9.90 Å². The van der Waals surface area contributed by atoms with Gasteiger partial charge in [-0.15, -0.1) is 0 Å². The van der Waals surface area contributed by atoms with Gasteiger partial charge < -0.3 is 9.67 Å². The lowest BCUT2D eigenvalue weighted by Crippen LogP contribution is -2.33. The number of thioether (sulfide) groups is 1. The van der Waals surface area contributed by atoms with E-state index in [-0.39, 0.29) is 5.41 Å². The number of carbonyl (C=O) groups is 1. The van der Waals surface area contributed by atoms with Gasteiger partial charge in [0.25, 0.3) is 0 Å². The predicted octanol–water partition coefficient (Wildman–Crippen LogP) is 3.01. The Kier molecular flexibility index (Phi) is 2.29. The maximum atomic E-state index is 11.4. The zero-order chi connectivity index (χ0) is 13.1. The number of para-hydroxylation sites is 1. The third kappa shape index (κ3) is 1.29. The van der Waals surface area contributed by atoms with Crippen LogP contribution in [0.25, 0.3) is 10.9 Å². The third-order valence-corrected chi connectivity index (χ3v) is 5.53. The lowest BCUT2D eigenvalue weighted by molar-refractivity contribution is -0.137. The molecular formula is C14H15NO2S. The summed E-state index contributed by atoms with van der Waals surface area (Å²) in [5, 5.41) is 11.2. The van der Waals surface area contributed by atoms with Crippen LogP contribution in [-0.2, 0) is 17.3 Å². The van der Waals surface area contributed by atoms with Crippen LogP contribution in [0.5, 0.6) is 0 Å². The molecule has 3 rings (SSSR count). The average Bonchev–Trinajstić information content (AvgIpc) is 2.75. The summed E-state index contributed by atoms with van der Waals surface area (Å²) in [7, 11) is 2.01. The van der Waals surface area contributed by atoms with E-state index in [1.165, 1.54) is 28.2 Å². The minimum Gasteiger partial charge on any atom is -0.480 e. The number of aryl methyl sites for hydroxylation is 1. The van der Waals surface area contributed by atoms with E-state index in [1.54, 1.807) is 0 Å². The van der Waals surface area contributed by atoms with Crippen LogP contribution < -0.4 is 0 Å². The Balaban J connectivity index is 2.33. The molecule has 1 aliphatic heterocycles. The van der Waals surface area contributed by atoms with Gasteiger partial charge in [0, 0.05) is 23.4 Å². The second-order valence-corrected chi connectivity index (χ2v) is 6.41. The minimum absolute atomic E-state index is 0.341. The van der Waals surface area contributed by atoms with Crippen molar-refractivity contribution in [1.29, 1.82) is 0 Å². The molecule has 4 heteroatoms. The van der Waals surface area contributed by atoms with E-state index in [2.05, 4.69) is 16.7 Å². The van der Waals surface area contributed by atoms with Gasteiger partial charge in [0.05, 0.1) is 5.03 Å². The fraction of sp³-hybridized carbons (Fsp3) is 0.357. The molecular weight excluding hydrogens is 246 g/mol. The number of carboxylic acid groups (broad SMARTS) is 1. The summed E-state index contributed by atoms with van der Waals surface area (Å²) >= 11 is 1.47. The van der Waals surface area contributed by atoms with Crippen LogP contribution in [0.4, 0.5) is 0 Å². The number of aromatic nitrogens is 1. The fourth-order valence-corrected chi connectivity index (χ4v) is 4.36. The molecule has 94 valence electrons. The first-order chi connectivity index (χ1) is 8.44. The number of nitrogens with zero attached hydrogens (tertiary/aromatic N) is 1. The Morgan fingerprint density at radius 3 is 2.72 bits per heavy atom. The molecule has 18 heavy (non-hydrogen) atoms. The van der Waals surface area contributed by atoms with Gasteiger partial charge in [-0.05, 0) is 11.6 Å². The van der Waals surface area contributed by atoms with Crippen LogP contribution in [0.2, 0.25) is 0 Å². The molecule has 1 aromatic carbocycles. The maximum Gasteiger partial charge on any atom is 0.317 e. The van der Waals surface area contributed by atoms with E-state index in [4.69, 9.17) is 0 Å². The van der Waals surface area contributed by atoms with E-state index in [9.17, 15) is 9.90 Å².